The zero-order valence-electron chi connectivity index (χ0n) is 30.8. The van der Waals surface area contributed by atoms with Gasteiger partial charge in [0, 0.05) is 39.3 Å². The highest BCUT2D eigenvalue weighted by Crippen LogP contribution is 2.40. The fourth-order valence-electron chi connectivity index (χ4n) is 9.17. The predicted octanol–water partition coefficient (Wildman–Crippen LogP) is 11.6. The van der Waals surface area contributed by atoms with E-state index in [9.17, 15) is 0 Å². The van der Waals surface area contributed by atoms with Crippen LogP contribution in [0.15, 0.2) is 161 Å². The molecular formula is C50H50N2. The lowest BCUT2D eigenvalue weighted by Gasteiger charge is -2.34. The Morgan fingerprint density at radius 1 is 0.731 bits per heavy atom. The largest absolute Gasteiger partial charge is 0.314 e. The Morgan fingerprint density at radius 3 is 2.35 bits per heavy atom. The molecule has 0 aliphatic heterocycles. The van der Waals surface area contributed by atoms with E-state index in [0.717, 1.165) is 44.9 Å². The number of anilines is 1. The standard InChI is InChI=1S/C50H50N2/c1-35-18-29-47-48-31-28-45(34-50(48)52(49(47)32-35)43-25-23-40(24-26-43)38-14-8-4-9-15-38)51(42-16-10-5-11-17-42)44-27-30-46(36(2)33-44)41-21-19-39(20-22-41)37-12-6-3-7-13-37/h3-4,6,8-10,12,14-17,19,21,23,25-32,34-36,40H,5,7,11,13,18,20,22,24,33H2,1-2H3. The normalized spacial score (nSPS) is 24.0. The molecule has 0 saturated heterocycles. The molecule has 2 heteroatoms. The van der Waals surface area contributed by atoms with Crippen LogP contribution in [0.2, 0.25) is 0 Å². The number of hydrogen-bond acceptors (Lipinski definition) is 1. The van der Waals surface area contributed by atoms with Gasteiger partial charge in [0.25, 0.3) is 0 Å². The van der Waals surface area contributed by atoms with Crippen molar-refractivity contribution in [3.8, 4) is 0 Å². The van der Waals surface area contributed by atoms with Gasteiger partial charge in [0.05, 0.1) is 10.9 Å². The first-order valence-corrected chi connectivity index (χ1v) is 19.7. The van der Waals surface area contributed by atoms with Gasteiger partial charge in [-0.2, -0.15) is 0 Å². The van der Waals surface area contributed by atoms with Crippen molar-refractivity contribution >= 4 is 34.4 Å². The first-order chi connectivity index (χ1) is 25.6. The summed E-state index contributed by atoms with van der Waals surface area (Å²) in [7, 11) is 0. The minimum absolute atomic E-state index is 0.417. The lowest BCUT2D eigenvalue weighted by Crippen LogP contribution is -2.32. The van der Waals surface area contributed by atoms with Crippen LogP contribution in [0.4, 0.5) is 5.69 Å². The third kappa shape index (κ3) is 6.23. The Morgan fingerprint density at radius 2 is 1.60 bits per heavy atom. The van der Waals surface area contributed by atoms with E-state index in [1.54, 1.807) is 0 Å². The fourth-order valence-corrected chi connectivity index (χ4v) is 9.17. The molecule has 3 aromatic rings. The molecule has 6 aliphatic rings. The minimum Gasteiger partial charge on any atom is -0.314 e. The molecule has 0 N–H and O–H groups in total. The smallest absolute Gasteiger partial charge is 0.0561 e. The highest BCUT2D eigenvalue weighted by Gasteiger charge is 2.26. The zero-order valence-corrected chi connectivity index (χ0v) is 30.8. The van der Waals surface area contributed by atoms with Gasteiger partial charge < -0.3 is 9.47 Å². The van der Waals surface area contributed by atoms with E-state index in [1.807, 2.05) is 0 Å². The second-order valence-electron chi connectivity index (χ2n) is 15.5. The van der Waals surface area contributed by atoms with Crippen LogP contribution in [0, 0.1) is 11.8 Å². The molecule has 0 spiro atoms. The zero-order chi connectivity index (χ0) is 35.0. The summed E-state index contributed by atoms with van der Waals surface area (Å²) < 4.78 is 2.55. The highest BCUT2D eigenvalue weighted by atomic mass is 15.2. The quantitative estimate of drug-likeness (QED) is 0.241. The van der Waals surface area contributed by atoms with Crippen LogP contribution in [0.25, 0.3) is 28.8 Å². The molecule has 6 aliphatic carbocycles. The molecule has 3 atom stereocenters. The second kappa shape index (κ2) is 14.2. The number of fused-ring (bicyclic) bond motifs is 3. The average molecular weight is 679 g/mol. The predicted molar refractivity (Wildman–Crippen MR) is 222 cm³/mol. The number of nitrogens with zero attached hydrogens (tertiary/aromatic N) is 2. The SMILES string of the molecule is CC1C=c2c(c3ccc(N(C4=CCCC=C4)C4=CC=C(C5=CC=C(C6=CC=CCC6)CC5)C(C)C4)cc3n2C2=CCC(c3ccccc3)C=C2)=CC1. The summed E-state index contributed by atoms with van der Waals surface area (Å²) in [4.78, 5) is 2.55. The molecule has 1 aromatic heterocycles. The second-order valence-corrected chi connectivity index (χ2v) is 15.5. The number of hydrogen-bond donors (Lipinski definition) is 0. The van der Waals surface area contributed by atoms with Crippen molar-refractivity contribution in [3.63, 3.8) is 0 Å². The summed E-state index contributed by atoms with van der Waals surface area (Å²) >= 11 is 0. The van der Waals surface area contributed by atoms with Crippen molar-refractivity contribution in [2.24, 2.45) is 11.8 Å². The maximum Gasteiger partial charge on any atom is 0.0561 e. The van der Waals surface area contributed by atoms with E-state index in [-0.39, 0.29) is 0 Å². The maximum atomic E-state index is 2.55. The van der Waals surface area contributed by atoms with Crippen molar-refractivity contribution in [3.05, 3.63) is 177 Å². The lowest BCUT2D eigenvalue weighted by atomic mass is 9.80. The molecule has 260 valence electrons. The van der Waals surface area contributed by atoms with Gasteiger partial charge in [-0.15, -0.1) is 0 Å². The average Bonchev–Trinajstić information content (AvgIpc) is 3.52. The molecule has 0 bridgehead atoms. The number of aromatic nitrogens is 1. The van der Waals surface area contributed by atoms with Crippen LogP contribution >= 0.6 is 0 Å². The molecule has 0 radical (unpaired) electrons. The molecule has 1 heterocycles. The van der Waals surface area contributed by atoms with Crippen molar-refractivity contribution in [1.29, 1.82) is 0 Å². The van der Waals surface area contributed by atoms with Crippen LogP contribution in [0.1, 0.15) is 83.1 Å². The Balaban J connectivity index is 1.10. The van der Waals surface area contributed by atoms with Crippen molar-refractivity contribution in [1.82, 2.24) is 4.57 Å². The van der Waals surface area contributed by atoms with Gasteiger partial charge in [0.2, 0.25) is 0 Å². The summed E-state index contributed by atoms with van der Waals surface area (Å²) in [6, 6.07) is 18.2. The van der Waals surface area contributed by atoms with Gasteiger partial charge in [-0.1, -0.05) is 123 Å². The minimum atomic E-state index is 0.417. The van der Waals surface area contributed by atoms with Gasteiger partial charge in [-0.25, -0.2) is 0 Å². The molecule has 2 nitrogen and oxygen atoms in total. The molecule has 0 saturated carbocycles. The third-order valence-corrected chi connectivity index (χ3v) is 12.0. The number of benzene rings is 2. The molecular weight excluding hydrogens is 629 g/mol. The van der Waals surface area contributed by atoms with E-state index in [4.69, 9.17) is 0 Å². The third-order valence-electron chi connectivity index (χ3n) is 12.0. The maximum absolute atomic E-state index is 2.55. The molecule has 0 fully saturated rings. The first kappa shape index (κ1) is 32.8. The Hall–Kier alpha value is -5.08. The molecule has 9 rings (SSSR count). The monoisotopic (exact) mass is 678 g/mol. The van der Waals surface area contributed by atoms with E-state index < -0.39 is 0 Å². The van der Waals surface area contributed by atoms with Gasteiger partial charge >= 0.3 is 0 Å². The van der Waals surface area contributed by atoms with E-state index in [2.05, 4.69) is 163 Å². The number of allylic oxidation sites excluding steroid dienone is 19. The Kier molecular flexibility index (Phi) is 8.93. The van der Waals surface area contributed by atoms with E-state index >= 15 is 0 Å². The summed E-state index contributed by atoms with van der Waals surface area (Å²) in [5.74, 6) is 1.39. The van der Waals surface area contributed by atoms with Gasteiger partial charge in [-0.05, 0) is 128 Å². The summed E-state index contributed by atoms with van der Waals surface area (Å²) in [5.41, 5.74) is 13.9. The molecule has 2 aromatic carbocycles. The molecule has 52 heavy (non-hydrogen) atoms. The van der Waals surface area contributed by atoms with Crippen LogP contribution in [0.5, 0.6) is 0 Å². The topological polar surface area (TPSA) is 8.17 Å². The van der Waals surface area contributed by atoms with Crippen molar-refractivity contribution in [2.75, 3.05) is 4.90 Å². The molecule has 0 amide bonds. The van der Waals surface area contributed by atoms with Crippen molar-refractivity contribution in [2.45, 2.75) is 77.6 Å². The van der Waals surface area contributed by atoms with Crippen LogP contribution in [-0.2, 0) is 0 Å². The summed E-state index contributed by atoms with van der Waals surface area (Å²) in [6.07, 6.45) is 45.7. The Bertz CT molecular complexity index is 2350. The van der Waals surface area contributed by atoms with Crippen molar-refractivity contribution < 1.29 is 0 Å². The number of rotatable bonds is 7. The van der Waals surface area contributed by atoms with Gasteiger partial charge in [-0.3, -0.25) is 0 Å². The fraction of sp³-hybridized carbons (Fsp3) is 0.280. The van der Waals surface area contributed by atoms with Crippen LogP contribution < -0.4 is 15.5 Å². The first-order valence-electron chi connectivity index (χ1n) is 19.7. The van der Waals surface area contributed by atoms with E-state index in [1.165, 1.54) is 84.9 Å². The van der Waals surface area contributed by atoms with Gasteiger partial charge in [0.1, 0.15) is 0 Å². The summed E-state index contributed by atoms with van der Waals surface area (Å²) in [6.45, 7) is 4.77. The Labute approximate surface area is 309 Å². The van der Waals surface area contributed by atoms with Crippen LogP contribution in [-0.4, -0.2) is 4.57 Å². The highest BCUT2D eigenvalue weighted by molar-refractivity contribution is 5.90. The summed E-state index contributed by atoms with van der Waals surface area (Å²) in [5, 5.41) is 4.07. The lowest BCUT2D eigenvalue weighted by molar-refractivity contribution is 0.647. The van der Waals surface area contributed by atoms with Crippen LogP contribution in [0.3, 0.4) is 0 Å². The van der Waals surface area contributed by atoms with E-state index in [0.29, 0.717) is 17.8 Å². The molecule has 3 unspecified atom stereocenters. The van der Waals surface area contributed by atoms with Gasteiger partial charge in [0.15, 0.2) is 0 Å².